The van der Waals surface area contributed by atoms with Crippen LogP contribution in [-0.2, 0) is 0 Å². The van der Waals surface area contributed by atoms with E-state index in [4.69, 9.17) is 0 Å². The van der Waals surface area contributed by atoms with Gasteiger partial charge in [-0.15, -0.1) is 0 Å². The minimum Gasteiger partial charge on any atom is -0.311 e. The summed E-state index contributed by atoms with van der Waals surface area (Å²) >= 11 is 0. The van der Waals surface area contributed by atoms with E-state index in [0.29, 0.717) is 0 Å². The lowest BCUT2D eigenvalue weighted by atomic mass is 9.33. The van der Waals surface area contributed by atoms with Crippen LogP contribution in [0.2, 0.25) is 0 Å². The van der Waals surface area contributed by atoms with Crippen LogP contribution < -0.4 is 21.3 Å². The van der Waals surface area contributed by atoms with Crippen molar-refractivity contribution in [1.29, 1.82) is 0 Å². The van der Waals surface area contributed by atoms with Gasteiger partial charge in [0.25, 0.3) is 6.71 Å². The Balaban J connectivity index is 1.51. The van der Waals surface area contributed by atoms with Crippen molar-refractivity contribution < 1.29 is 0 Å². The predicted molar refractivity (Wildman–Crippen MR) is 175 cm³/mol. The molecule has 0 N–H and O–H groups in total. The number of hydrogen-bond acceptors (Lipinski definition) is 1. The van der Waals surface area contributed by atoms with E-state index in [1.54, 1.807) is 0 Å². The topological polar surface area (TPSA) is 8.17 Å². The summed E-state index contributed by atoms with van der Waals surface area (Å²) < 4.78 is 2.55. The van der Waals surface area contributed by atoms with E-state index in [0.717, 1.165) is 0 Å². The first-order valence-corrected chi connectivity index (χ1v) is 14.4. The summed E-state index contributed by atoms with van der Waals surface area (Å²) in [7, 11) is 0. The highest BCUT2D eigenvalue weighted by molar-refractivity contribution is 7.00. The van der Waals surface area contributed by atoms with Crippen molar-refractivity contribution in [3.63, 3.8) is 0 Å². The van der Waals surface area contributed by atoms with E-state index in [1.807, 2.05) is 0 Å². The second-order valence-corrected chi connectivity index (χ2v) is 11.5. The van der Waals surface area contributed by atoms with Gasteiger partial charge in [-0.1, -0.05) is 91.0 Å². The number of para-hydroxylation sites is 4. The smallest absolute Gasteiger partial charge is 0.252 e. The fraction of sp³-hybridized carbons (Fsp3) is 0.0526. The van der Waals surface area contributed by atoms with Gasteiger partial charge >= 0.3 is 0 Å². The number of hydrogen-bond donors (Lipinski definition) is 0. The number of anilines is 3. The number of nitrogens with zero attached hydrogens (tertiary/aromatic N) is 2. The van der Waals surface area contributed by atoms with Crippen molar-refractivity contribution in [2.75, 3.05) is 4.90 Å². The molecule has 0 saturated carbocycles. The molecule has 3 heteroatoms. The first kappa shape index (κ1) is 22.8. The highest BCUT2D eigenvalue weighted by Crippen LogP contribution is 2.43. The number of aromatic nitrogens is 1. The average Bonchev–Trinajstić information content (AvgIpc) is 3.35. The van der Waals surface area contributed by atoms with Crippen LogP contribution in [0.5, 0.6) is 0 Å². The highest BCUT2D eigenvalue weighted by Gasteiger charge is 2.42. The molecular weight excluding hydrogens is 495 g/mol. The summed E-state index contributed by atoms with van der Waals surface area (Å²) in [6, 6.07) is 47.2. The molecule has 0 atom stereocenters. The third-order valence-corrected chi connectivity index (χ3v) is 9.22. The quantitative estimate of drug-likeness (QED) is 0.212. The zero-order chi connectivity index (χ0) is 27.2. The Kier molecular flexibility index (Phi) is 4.58. The van der Waals surface area contributed by atoms with E-state index < -0.39 is 0 Å². The monoisotopic (exact) mass is 522 g/mol. The molecule has 9 rings (SSSR count). The Bertz CT molecular complexity index is 2170. The van der Waals surface area contributed by atoms with Gasteiger partial charge in [0.15, 0.2) is 0 Å². The third-order valence-electron chi connectivity index (χ3n) is 9.22. The fourth-order valence-electron chi connectivity index (χ4n) is 7.63. The molecule has 3 heterocycles. The van der Waals surface area contributed by atoms with Gasteiger partial charge in [-0.2, -0.15) is 0 Å². The molecular formula is C38H27BN2. The minimum atomic E-state index is 0.156. The fourth-order valence-corrected chi connectivity index (χ4v) is 7.63. The number of benzene rings is 6. The molecule has 0 spiro atoms. The van der Waals surface area contributed by atoms with Crippen molar-refractivity contribution >= 4 is 62.0 Å². The minimum absolute atomic E-state index is 0.156. The molecule has 1 aromatic heterocycles. The molecule has 192 valence electrons. The standard InChI is InChI=1S/C38H27BN2/c1-24-12-10-13-25(2)36(24)26-22-34-37-35(23-26)41-32-20-8-6-16-28(32)29-17-11-19-31(38(29)41)39(37)30-18-7-9-21-33(30)40(34)27-14-4-3-5-15-27/h3-23H,1-2H3. The van der Waals surface area contributed by atoms with E-state index in [-0.39, 0.29) is 6.71 Å². The van der Waals surface area contributed by atoms with Crippen LogP contribution in [0.3, 0.4) is 0 Å². The second kappa shape index (κ2) is 8.25. The van der Waals surface area contributed by atoms with Crippen LogP contribution in [0.15, 0.2) is 127 Å². The highest BCUT2D eigenvalue weighted by atomic mass is 15.2. The van der Waals surface area contributed by atoms with Crippen LogP contribution in [-0.4, -0.2) is 11.3 Å². The largest absolute Gasteiger partial charge is 0.311 e. The molecule has 0 saturated heterocycles. The molecule has 0 amide bonds. The lowest BCUT2D eigenvalue weighted by Crippen LogP contribution is -2.60. The van der Waals surface area contributed by atoms with Crippen molar-refractivity contribution in [2.45, 2.75) is 13.8 Å². The molecule has 0 unspecified atom stereocenters. The van der Waals surface area contributed by atoms with Gasteiger partial charge in [-0.05, 0) is 88.9 Å². The summed E-state index contributed by atoms with van der Waals surface area (Å²) in [5.41, 5.74) is 16.9. The summed E-state index contributed by atoms with van der Waals surface area (Å²) in [4.78, 5) is 2.48. The van der Waals surface area contributed by atoms with Crippen molar-refractivity contribution in [3.05, 3.63) is 139 Å². The van der Waals surface area contributed by atoms with E-state index >= 15 is 0 Å². The van der Waals surface area contributed by atoms with E-state index in [1.165, 1.54) is 83.2 Å². The number of rotatable bonds is 2. The Morgan fingerprint density at radius 3 is 2.05 bits per heavy atom. The summed E-state index contributed by atoms with van der Waals surface area (Å²) in [6.07, 6.45) is 0. The van der Waals surface area contributed by atoms with Crippen LogP contribution >= 0.6 is 0 Å². The maximum absolute atomic E-state index is 2.55. The molecule has 0 bridgehead atoms. The third kappa shape index (κ3) is 2.98. The Labute approximate surface area is 240 Å². The average molecular weight is 522 g/mol. The number of fused-ring (bicyclic) bond motifs is 7. The Morgan fingerprint density at radius 1 is 0.537 bits per heavy atom. The molecule has 7 aromatic rings. The molecule has 0 radical (unpaired) electrons. The van der Waals surface area contributed by atoms with Gasteiger partial charge in [0.2, 0.25) is 0 Å². The Morgan fingerprint density at radius 2 is 1.20 bits per heavy atom. The zero-order valence-corrected chi connectivity index (χ0v) is 23.1. The van der Waals surface area contributed by atoms with Gasteiger partial charge in [0.1, 0.15) is 0 Å². The van der Waals surface area contributed by atoms with Crippen LogP contribution in [0, 0.1) is 13.8 Å². The van der Waals surface area contributed by atoms with Crippen LogP contribution in [0.25, 0.3) is 38.6 Å². The normalized spacial score (nSPS) is 13.0. The first-order valence-electron chi connectivity index (χ1n) is 14.4. The first-order chi connectivity index (χ1) is 20.2. The summed E-state index contributed by atoms with van der Waals surface area (Å²) in [6.45, 7) is 4.63. The Hall–Kier alpha value is -5.02. The lowest BCUT2D eigenvalue weighted by Gasteiger charge is -2.40. The maximum Gasteiger partial charge on any atom is 0.252 e. The van der Waals surface area contributed by atoms with Gasteiger partial charge in [0.05, 0.1) is 5.52 Å². The van der Waals surface area contributed by atoms with Gasteiger partial charge in [-0.25, -0.2) is 0 Å². The van der Waals surface area contributed by atoms with E-state index in [9.17, 15) is 0 Å². The molecule has 2 nitrogen and oxygen atoms in total. The van der Waals surface area contributed by atoms with Crippen LogP contribution in [0.1, 0.15) is 11.1 Å². The van der Waals surface area contributed by atoms with Crippen molar-refractivity contribution in [3.8, 4) is 16.8 Å². The lowest BCUT2D eigenvalue weighted by molar-refractivity contribution is 1.18. The number of aryl methyl sites for hydroxylation is 2. The van der Waals surface area contributed by atoms with Gasteiger partial charge < -0.3 is 9.47 Å². The predicted octanol–water partition coefficient (Wildman–Crippen LogP) is 7.68. The molecule has 2 aliphatic heterocycles. The van der Waals surface area contributed by atoms with E-state index in [2.05, 4.69) is 151 Å². The van der Waals surface area contributed by atoms with Gasteiger partial charge in [0, 0.05) is 39.0 Å². The second-order valence-electron chi connectivity index (χ2n) is 11.5. The molecule has 2 aliphatic rings. The molecule has 0 fully saturated rings. The zero-order valence-electron chi connectivity index (χ0n) is 23.1. The van der Waals surface area contributed by atoms with Crippen LogP contribution in [0.4, 0.5) is 17.1 Å². The molecule has 6 aromatic carbocycles. The van der Waals surface area contributed by atoms with Gasteiger partial charge in [-0.3, -0.25) is 0 Å². The maximum atomic E-state index is 2.55. The molecule has 41 heavy (non-hydrogen) atoms. The molecule has 0 aliphatic carbocycles. The summed E-state index contributed by atoms with van der Waals surface area (Å²) in [5.74, 6) is 0. The summed E-state index contributed by atoms with van der Waals surface area (Å²) in [5, 5.41) is 2.63. The van der Waals surface area contributed by atoms with Crippen molar-refractivity contribution in [2.24, 2.45) is 0 Å². The van der Waals surface area contributed by atoms with Crippen molar-refractivity contribution in [1.82, 2.24) is 4.57 Å². The SMILES string of the molecule is Cc1cccc(C)c1-c1cc2c3c(c1)-n1c4ccccc4c4cccc(c41)B3c1ccccc1N2c1ccccc1.